The molecule has 0 aliphatic rings. The van der Waals surface area contributed by atoms with Crippen molar-refractivity contribution in [2.75, 3.05) is 14.2 Å². The van der Waals surface area contributed by atoms with E-state index in [1.165, 1.54) is 16.7 Å². The van der Waals surface area contributed by atoms with Crippen molar-refractivity contribution in [3.63, 3.8) is 0 Å². The normalized spacial score (nSPS) is 12.0. The molecule has 0 amide bonds. The SMILES string of the molecule is COc1ccc(CNC(C)c2ccc(C)cc2)cc1OC. The van der Waals surface area contributed by atoms with Gasteiger partial charge in [0.25, 0.3) is 0 Å². The molecule has 0 aliphatic heterocycles. The van der Waals surface area contributed by atoms with Gasteiger partial charge in [-0.3, -0.25) is 0 Å². The summed E-state index contributed by atoms with van der Waals surface area (Å²) in [6, 6.07) is 14.9. The van der Waals surface area contributed by atoms with Gasteiger partial charge in [-0.2, -0.15) is 0 Å². The molecule has 2 rings (SSSR count). The first-order valence-corrected chi connectivity index (χ1v) is 7.15. The molecule has 0 heterocycles. The van der Waals surface area contributed by atoms with Crippen molar-refractivity contribution in [2.24, 2.45) is 0 Å². The molecule has 1 atom stereocenters. The van der Waals surface area contributed by atoms with E-state index in [4.69, 9.17) is 9.47 Å². The zero-order valence-electron chi connectivity index (χ0n) is 13.1. The Bertz CT molecular complexity index is 578. The summed E-state index contributed by atoms with van der Waals surface area (Å²) in [5.41, 5.74) is 3.75. The van der Waals surface area contributed by atoms with Gasteiger partial charge in [-0.25, -0.2) is 0 Å². The number of methoxy groups -OCH3 is 2. The van der Waals surface area contributed by atoms with Crippen LogP contribution in [0.4, 0.5) is 0 Å². The Morgan fingerprint density at radius 1 is 0.952 bits per heavy atom. The molecule has 1 unspecified atom stereocenters. The molecule has 0 saturated heterocycles. The van der Waals surface area contributed by atoms with Gasteiger partial charge in [0.05, 0.1) is 14.2 Å². The van der Waals surface area contributed by atoms with E-state index < -0.39 is 0 Å². The number of hydrogen-bond acceptors (Lipinski definition) is 3. The van der Waals surface area contributed by atoms with Crippen molar-refractivity contribution in [1.82, 2.24) is 5.32 Å². The summed E-state index contributed by atoms with van der Waals surface area (Å²) < 4.78 is 10.6. The van der Waals surface area contributed by atoms with Crippen molar-refractivity contribution in [3.8, 4) is 11.5 Å². The predicted octanol–water partition coefficient (Wildman–Crippen LogP) is 3.86. The standard InChI is InChI=1S/C18H23NO2/c1-13-5-8-16(9-6-13)14(2)19-12-15-7-10-17(20-3)18(11-15)21-4/h5-11,14,19H,12H2,1-4H3. The Hall–Kier alpha value is -2.00. The van der Waals surface area contributed by atoms with Gasteiger partial charge in [0, 0.05) is 12.6 Å². The largest absolute Gasteiger partial charge is 0.493 e. The molecule has 2 aromatic carbocycles. The Labute approximate surface area is 126 Å². The van der Waals surface area contributed by atoms with Gasteiger partial charge in [0.15, 0.2) is 11.5 Å². The summed E-state index contributed by atoms with van der Waals surface area (Å²) in [7, 11) is 3.30. The zero-order valence-corrected chi connectivity index (χ0v) is 13.1. The van der Waals surface area contributed by atoms with E-state index in [0.29, 0.717) is 6.04 Å². The van der Waals surface area contributed by atoms with E-state index in [0.717, 1.165) is 18.0 Å². The highest BCUT2D eigenvalue weighted by Crippen LogP contribution is 2.27. The van der Waals surface area contributed by atoms with E-state index in [-0.39, 0.29) is 0 Å². The van der Waals surface area contributed by atoms with Crippen LogP contribution in [0, 0.1) is 6.92 Å². The van der Waals surface area contributed by atoms with Crippen LogP contribution in [-0.2, 0) is 6.54 Å². The van der Waals surface area contributed by atoms with Gasteiger partial charge in [-0.1, -0.05) is 35.9 Å². The third-order valence-corrected chi connectivity index (χ3v) is 3.64. The van der Waals surface area contributed by atoms with E-state index in [1.54, 1.807) is 14.2 Å². The molecular weight excluding hydrogens is 262 g/mol. The molecule has 21 heavy (non-hydrogen) atoms. The van der Waals surface area contributed by atoms with Crippen LogP contribution in [0.25, 0.3) is 0 Å². The minimum absolute atomic E-state index is 0.304. The quantitative estimate of drug-likeness (QED) is 0.874. The third-order valence-electron chi connectivity index (χ3n) is 3.64. The lowest BCUT2D eigenvalue weighted by atomic mass is 10.1. The molecule has 0 spiro atoms. The second-order valence-electron chi connectivity index (χ2n) is 5.20. The molecule has 0 fully saturated rings. The van der Waals surface area contributed by atoms with Gasteiger partial charge in [-0.05, 0) is 37.1 Å². The average molecular weight is 285 g/mol. The van der Waals surface area contributed by atoms with Crippen molar-refractivity contribution in [2.45, 2.75) is 26.4 Å². The summed E-state index contributed by atoms with van der Waals surface area (Å²) >= 11 is 0. The van der Waals surface area contributed by atoms with Crippen LogP contribution in [0.3, 0.4) is 0 Å². The maximum atomic E-state index is 5.33. The summed E-state index contributed by atoms with van der Waals surface area (Å²) in [6.07, 6.45) is 0. The summed E-state index contributed by atoms with van der Waals surface area (Å²) in [5, 5.41) is 3.53. The highest BCUT2D eigenvalue weighted by atomic mass is 16.5. The highest BCUT2D eigenvalue weighted by molar-refractivity contribution is 5.42. The van der Waals surface area contributed by atoms with E-state index >= 15 is 0 Å². The fraction of sp³-hybridized carbons (Fsp3) is 0.333. The first-order chi connectivity index (χ1) is 10.1. The number of aryl methyl sites for hydroxylation is 1. The lowest BCUT2D eigenvalue weighted by molar-refractivity contribution is 0.354. The van der Waals surface area contributed by atoms with Gasteiger partial charge in [0.1, 0.15) is 0 Å². The van der Waals surface area contributed by atoms with Crippen LogP contribution in [0.15, 0.2) is 42.5 Å². The van der Waals surface area contributed by atoms with Crippen LogP contribution < -0.4 is 14.8 Å². The van der Waals surface area contributed by atoms with Crippen LogP contribution in [0.5, 0.6) is 11.5 Å². The number of hydrogen-bond donors (Lipinski definition) is 1. The van der Waals surface area contributed by atoms with Crippen LogP contribution in [-0.4, -0.2) is 14.2 Å². The van der Waals surface area contributed by atoms with Gasteiger partial charge in [-0.15, -0.1) is 0 Å². The Morgan fingerprint density at radius 2 is 1.62 bits per heavy atom. The maximum Gasteiger partial charge on any atom is 0.161 e. The number of nitrogens with one attached hydrogen (secondary N) is 1. The summed E-state index contributed by atoms with van der Waals surface area (Å²) in [6.45, 7) is 5.06. The number of benzene rings is 2. The van der Waals surface area contributed by atoms with Crippen molar-refractivity contribution < 1.29 is 9.47 Å². The second kappa shape index (κ2) is 7.14. The molecule has 1 N–H and O–H groups in total. The van der Waals surface area contributed by atoms with Crippen molar-refractivity contribution in [3.05, 3.63) is 59.2 Å². The first-order valence-electron chi connectivity index (χ1n) is 7.15. The van der Waals surface area contributed by atoms with E-state index in [9.17, 15) is 0 Å². The van der Waals surface area contributed by atoms with Crippen molar-refractivity contribution >= 4 is 0 Å². The van der Waals surface area contributed by atoms with E-state index in [1.807, 2.05) is 12.1 Å². The molecule has 0 saturated carbocycles. The highest BCUT2D eigenvalue weighted by Gasteiger charge is 2.07. The summed E-state index contributed by atoms with van der Waals surface area (Å²) in [5.74, 6) is 1.52. The summed E-state index contributed by atoms with van der Waals surface area (Å²) in [4.78, 5) is 0. The minimum atomic E-state index is 0.304. The lowest BCUT2D eigenvalue weighted by Gasteiger charge is -2.15. The van der Waals surface area contributed by atoms with Gasteiger partial charge in [0.2, 0.25) is 0 Å². The minimum Gasteiger partial charge on any atom is -0.493 e. The van der Waals surface area contributed by atoms with Crippen LogP contribution in [0.1, 0.15) is 29.7 Å². The first kappa shape index (κ1) is 15.4. The number of ether oxygens (including phenoxy) is 2. The molecule has 2 aromatic rings. The average Bonchev–Trinajstić information content (AvgIpc) is 2.52. The molecular formula is C18H23NO2. The fourth-order valence-electron chi connectivity index (χ4n) is 2.23. The third kappa shape index (κ3) is 3.99. The molecule has 112 valence electrons. The van der Waals surface area contributed by atoms with E-state index in [2.05, 4.69) is 49.5 Å². The molecule has 0 bridgehead atoms. The molecule has 0 aliphatic carbocycles. The topological polar surface area (TPSA) is 30.5 Å². The Morgan fingerprint density at radius 3 is 2.24 bits per heavy atom. The lowest BCUT2D eigenvalue weighted by Crippen LogP contribution is -2.18. The fourth-order valence-corrected chi connectivity index (χ4v) is 2.23. The molecule has 3 heteroatoms. The Balaban J connectivity index is 2.00. The van der Waals surface area contributed by atoms with Crippen LogP contribution in [0.2, 0.25) is 0 Å². The maximum absolute atomic E-state index is 5.33. The predicted molar refractivity (Wildman–Crippen MR) is 86.0 cm³/mol. The molecule has 3 nitrogen and oxygen atoms in total. The second-order valence-corrected chi connectivity index (χ2v) is 5.20. The number of rotatable bonds is 6. The molecule has 0 aromatic heterocycles. The monoisotopic (exact) mass is 285 g/mol. The van der Waals surface area contributed by atoms with Gasteiger partial charge >= 0.3 is 0 Å². The van der Waals surface area contributed by atoms with Crippen molar-refractivity contribution in [1.29, 1.82) is 0 Å². The Kier molecular flexibility index (Phi) is 5.23. The zero-order chi connectivity index (χ0) is 15.2. The molecule has 0 radical (unpaired) electrons. The van der Waals surface area contributed by atoms with Crippen LogP contribution >= 0.6 is 0 Å². The van der Waals surface area contributed by atoms with Gasteiger partial charge < -0.3 is 14.8 Å². The smallest absolute Gasteiger partial charge is 0.161 e.